The highest BCUT2D eigenvalue weighted by Gasteiger charge is 2.13. The van der Waals surface area contributed by atoms with E-state index >= 15 is 0 Å². The van der Waals surface area contributed by atoms with E-state index in [-0.39, 0.29) is 5.91 Å². The number of thioether (sulfide) groups is 1. The van der Waals surface area contributed by atoms with Gasteiger partial charge in [-0.25, -0.2) is 4.98 Å². The number of nitrogens with zero attached hydrogens (tertiary/aromatic N) is 1. The molecular weight excluding hydrogens is 348 g/mol. The highest BCUT2D eigenvalue weighted by Crippen LogP contribution is 2.28. The van der Waals surface area contributed by atoms with E-state index < -0.39 is 0 Å². The number of amides is 1. The Labute approximate surface area is 156 Å². The number of anilines is 1. The molecule has 0 radical (unpaired) electrons. The van der Waals surface area contributed by atoms with Crippen LogP contribution in [0, 0.1) is 13.8 Å². The minimum absolute atomic E-state index is 0.113. The Morgan fingerprint density at radius 1 is 1.16 bits per heavy atom. The summed E-state index contributed by atoms with van der Waals surface area (Å²) in [7, 11) is 0. The predicted molar refractivity (Wildman–Crippen MR) is 108 cm³/mol. The molecule has 0 bridgehead atoms. The molecule has 128 valence electrons. The third kappa shape index (κ3) is 4.11. The van der Waals surface area contributed by atoms with Crippen LogP contribution in [0.2, 0.25) is 0 Å². The largest absolute Gasteiger partial charge is 0.298 e. The Bertz CT molecular complexity index is 902. The maximum atomic E-state index is 12.6. The molecule has 0 saturated carbocycles. The number of hydrogen-bond acceptors (Lipinski definition) is 4. The van der Waals surface area contributed by atoms with Crippen molar-refractivity contribution in [1.82, 2.24) is 4.98 Å². The average molecular weight is 369 g/mol. The van der Waals surface area contributed by atoms with Gasteiger partial charge in [-0.1, -0.05) is 31.2 Å². The van der Waals surface area contributed by atoms with E-state index in [1.807, 2.05) is 29.6 Å². The minimum Gasteiger partial charge on any atom is -0.298 e. The normalized spacial score (nSPS) is 10.7. The van der Waals surface area contributed by atoms with Crippen molar-refractivity contribution in [3.05, 3.63) is 64.5 Å². The van der Waals surface area contributed by atoms with E-state index in [0.29, 0.717) is 10.7 Å². The summed E-state index contributed by atoms with van der Waals surface area (Å²) in [6.07, 6.45) is 0. The van der Waals surface area contributed by atoms with Crippen molar-refractivity contribution in [2.24, 2.45) is 0 Å². The molecule has 3 rings (SSSR count). The van der Waals surface area contributed by atoms with Crippen LogP contribution in [0.3, 0.4) is 0 Å². The smallest absolute Gasteiger partial charge is 0.258 e. The van der Waals surface area contributed by atoms with Gasteiger partial charge in [0.25, 0.3) is 5.91 Å². The molecular formula is C20H20N2OS2. The van der Waals surface area contributed by atoms with E-state index in [1.165, 1.54) is 22.5 Å². The van der Waals surface area contributed by atoms with Crippen molar-refractivity contribution in [3.8, 4) is 11.3 Å². The molecule has 1 aromatic heterocycles. The zero-order chi connectivity index (χ0) is 17.8. The molecule has 1 amide bonds. The van der Waals surface area contributed by atoms with Gasteiger partial charge in [-0.3, -0.25) is 10.1 Å². The number of rotatable bonds is 5. The lowest BCUT2D eigenvalue weighted by molar-refractivity contribution is 0.102. The fourth-order valence-electron chi connectivity index (χ4n) is 2.46. The number of benzene rings is 2. The third-order valence-electron chi connectivity index (χ3n) is 3.96. The second-order valence-electron chi connectivity index (χ2n) is 5.72. The molecule has 0 aliphatic heterocycles. The van der Waals surface area contributed by atoms with Crippen molar-refractivity contribution in [1.29, 1.82) is 0 Å². The van der Waals surface area contributed by atoms with Crippen molar-refractivity contribution in [2.75, 3.05) is 11.1 Å². The first-order valence-electron chi connectivity index (χ1n) is 8.15. The molecule has 0 aliphatic rings. The van der Waals surface area contributed by atoms with Crippen molar-refractivity contribution in [2.45, 2.75) is 25.7 Å². The van der Waals surface area contributed by atoms with Crippen LogP contribution >= 0.6 is 23.1 Å². The van der Waals surface area contributed by atoms with Gasteiger partial charge in [0.15, 0.2) is 5.13 Å². The second kappa shape index (κ2) is 7.85. The number of nitrogens with one attached hydrogen (secondary N) is 1. The van der Waals surface area contributed by atoms with Gasteiger partial charge in [-0.2, -0.15) is 0 Å². The van der Waals surface area contributed by atoms with E-state index in [4.69, 9.17) is 0 Å². The minimum atomic E-state index is -0.113. The zero-order valence-corrected chi connectivity index (χ0v) is 16.1. The fourth-order valence-corrected chi connectivity index (χ4v) is 3.98. The van der Waals surface area contributed by atoms with Crippen LogP contribution in [-0.2, 0) is 0 Å². The van der Waals surface area contributed by atoms with Crippen molar-refractivity contribution in [3.63, 3.8) is 0 Å². The monoisotopic (exact) mass is 368 g/mol. The molecule has 0 aliphatic carbocycles. The summed E-state index contributed by atoms with van der Waals surface area (Å²) in [5.41, 5.74) is 5.15. The number of hydrogen-bond donors (Lipinski definition) is 1. The van der Waals surface area contributed by atoms with E-state index in [2.05, 4.69) is 49.3 Å². The Morgan fingerprint density at radius 2 is 1.96 bits per heavy atom. The lowest BCUT2D eigenvalue weighted by atomic mass is 10.1. The molecule has 0 saturated heterocycles. The first-order chi connectivity index (χ1) is 12.1. The number of carbonyl (C=O) groups is 1. The molecule has 1 heterocycles. The zero-order valence-electron chi connectivity index (χ0n) is 14.5. The standard InChI is InChI=1S/C20H20N2OS2/c1-4-24-18-8-6-5-7-16(18)19(23)22-20-21-17(12-25-20)15-10-9-13(2)14(3)11-15/h5-12H,4H2,1-3H3,(H,21,22,23). The van der Waals surface area contributed by atoms with Gasteiger partial charge in [0.2, 0.25) is 0 Å². The first kappa shape index (κ1) is 17.7. The molecule has 0 unspecified atom stereocenters. The summed E-state index contributed by atoms with van der Waals surface area (Å²) in [6, 6.07) is 14.0. The summed E-state index contributed by atoms with van der Waals surface area (Å²) >= 11 is 3.11. The molecule has 3 aromatic rings. The summed E-state index contributed by atoms with van der Waals surface area (Å²) in [5, 5.41) is 5.53. The van der Waals surface area contributed by atoms with Gasteiger partial charge >= 0.3 is 0 Å². The third-order valence-corrected chi connectivity index (χ3v) is 5.67. The summed E-state index contributed by atoms with van der Waals surface area (Å²) in [5.74, 6) is 0.816. The van der Waals surface area contributed by atoms with Crippen LogP contribution in [0.1, 0.15) is 28.4 Å². The molecule has 0 atom stereocenters. The summed E-state index contributed by atoms with van der Waals surface area (Å²) < 4.78 is 0. The SMILES string of the molecule is CCSc1ccccc1C(=O)Nc1nc(-c2ccc(C)c(C)c2)cs1. The van der Waals surface area contributed by atoms with Crippen LogP contribution in [0.5, 0.6) is 0 Å². The van der Waals surface area contributed by atoms with Crippen molar-refractivity contribution >= 4 is 34.1 Å². The quantitative estimate of drug-likeness (QED) is 0.579. The van der Waals surface area contributed by atoms with Crippen LogP contribution in [-0.4, -0.2) is 16.6 Å². The number of aryl methyl sites for hydroxylation is 2. The molecule has 5 heteroatoms. The number of carbonyl (C=O) groups excluding carboxylic acids is 1. The molecule has 3 nitrogen and oxygen atoms in total. The maximum Gasteiger partial charge on any atom is 0.258 e. The highest BCUT2D eigenvalue weighted by molar-refractivity contribution is 7.99. The summed E-state index contributed by atoms with van der Waals surface area (Å²) in [4.78, 5) is 18.2. The number of aromatic nitrogens is 1. The molecule has 0 spiro atoms. The van der Waals surface area contributed by atoms with Gasteiger partial charge in [0, 0.05) is 15.8 Å². The average Bonchev–Trinajstić information content (AvgIpc) is 3.06. The maximum absolute atomic E-state index is 12.6. The second-order valence-corrected chi connectivity index (χ2v) is 7.88. The topological polar surface area (TPSA) is 42.0 Å². The van der Waals surface area contributed by atoms with Crippen LogP contribution in [0.25, 0.3) is 11.3 Å². The van der Waals surface area contributed by atoms with E-state index in [9.17, 15) is 4.79 Å². The Balaban J connectivity index is 1.79. The fraction of sp³-hybridized carbons (Fsp3) is 0.200. The first-order valence-corrected chi connectivity index (χ1v) is 10.0. The number of thiazole rings is 1. The van der Waals surface area contributed by atoms with Gasteiger partial charge in [0.05, 0.1) is 11.3 Å². The van der Waals surface area contributed by atoms with Crippen molar-refractivity contribution < 1.29 is 4.79 Å². The van der Waals surface area contributed by atoms with Crippen LogP contribution < -0.4 is 5.32 Å². The Hall–Kier alpha value is -2.11. The van der Waals surface area contributed by atoms with E-state index in [1.54, 1.807) is 11.8 Å². The highest BCUT2D eigenvalue weighted by atomic mass is 32.2. The summed E-state index contributed by atoms with van der Waals surface area (Å²) in [6.45, 7) is 6.27. The van der Waals surface area contributed by atoms with Gasteiger partial charge in [-0.05, 0) is 48.9 Å². The van der Waals surface area contributed by atoms with Gasteiger partial charge in [0.1, 0.15) is 0 Å². The Kier molecular flexibility index (Phi) is 5.56. The van der Waals surface area contributed by atoms with Crippen LogP contribution in [0.15, 0.2) is 52.7 Å². The molecule has 2 aromatic carbocycles. The van der Waals surface area contributed by atoms with Crippen LogP contribution in [0.4, 0.5) is 5.13 Å². The van der Waals surface area contributed by atoms with Gasteiger partial charge in [-0.15, -0.1) is 23.1 Å². The lowest BCUT2D eigenvalue weighted by Gasteiger charge is -2.07. The molecule has 1 N–H and O–H groups in total. The predicted octanol–water partition coefficient (Wildman–Crippen LogP) is 5.79. The lowest BCUT2D eigenvalue weighted by Crippen LogP contribution is -2.12. The Morgan fingerprint density at radius 3 is 2.72 bits per heavy atom. The van der Waals surface area contributed by atoms with E-state index in [0.717, 1.165) is 21.9 Å². The van der Waals surface area contributed by atoms with Gasteiger partial charge < -0.3 is 0 Å². The molecule has 25 heavy (non-hydrogen) atoms. The molecule has 0 fully saturated rings.